The Labute approximate surface area is 173 Å². The second kappa shape index (κ2) is 7.81. The Morgan fingerprint density at radius 3 is 2.63 bits per heavy atom. The molecular formula is C20H22BrFN2O2S. The minimum atomic E-state index is -1.40. The molecule has 2 aromatic rings. The molecule has 0 spiro atoms. The lowest BCUT2D eigenvalue weighted by molar-refractivity contribution is -0.657. The number of benzene rings is 2. The average molecular weight is 453 g/mol. The van der Waals surface area contributed by atoms with Crippen molar-refractivity contribution in [3.8, 4) is 5.75 Å². The quantitative estimate of drug-likeness (QED) is 0.680. The summed E-state index contributed by atoms with van der Waals surface area (Å²) in [7, 11) is 1.50. The molecule has 2 aromatic carbocycles. The van der Waals surface area contributed by atoms with Crippen LogP contribution in [0.5, 0.6) is 5.75 Å². The normalized spacial score (nSPS) is 21.7. The average Bonchev–Trinajstić information content (AvgIpc) is 2.96. The topological polar surface area (TPSA) is 35.7 Å². The highest BCUT2D eigenvalue weighted by Gasteiger charge is 2.54. The van der Waals surface area contributed by atoms with Gasteiger partial charge < -0.3 is 26.8 Å². The molecule has 0 bridgehead atoms. The van der Waals surface area contributed by atoms with Crippen molar-refractivity contribution >= 4 is 22.6 Å². The number of thioether (sulfide) groups is 1. The second-order valence-electron chi connectivity index (χ2n) is 6.72. The summed E-state index contributed by atoms with van der Waals surface area (Å²) in [5.41, 5.74) is 1.08. The zero-order valence-corrected chi connectivity index (χ0v) is 17.7. The molecule has 2 aliphatic heterocycles. The maximum Gasteiger partial charge on any atom is 0.316 e. The van der Waals surface area contributed by atoms with Gasteiger partial charge in [-0.1, -0.05) is 17.7 Å². The number of hydrogen-bond acceptors (Lipinski definition) is 4. The number of amidine groups is 1. The molecule has 0 saturated carbocycles. The number of aryl methyl sites for hydroxylation is 1. The zero-order valence-electron chi connectivity index (χ0n) is 15.3. The fourth-order valence-electron chi connectivity index (χ4n) is 3.60. The highest BCUT2D eigenvalue weighted by molar-refractivity contribution is 8.13. The van der Waals surface area contributed by atoms with Crippen molar-refractivity contribution in [3.05, 3.63) is 59.4 Å². The molecule has 0 aromatic heterocycles. The second-order valence-corrected chi connectivity index (χ2v) is 7.78. The number of β-amino-alcohol motifs (C(OH)–C–C–N with tert-alkyl or cyclic N) is 1. The summed E-state index contributed by atoms with van der Waals surface area (Å²) in [5, 5.41) is 12.5. The summed E-state index contributed by atoms with van der Waals surface area (Å²) in [5.74, 6) is 0.989. The van der Waals surface area contributed by atoms with E-state index in [1.165, 1.54) is 18.7 Å². The van der Waals surface area contributed by atoms with E-state index in [-0.39, 0.29) is 22.5 Å². The van der Waals surface area contributed by atoms with Gasteiger partial charge in [0.05, 0.1) is 19.2 Å². The number of halogens is 2. The zero-order chi connectivity index (χ0) is 18.3. The van der Waals surface area contributed by atoms with E-state index in [0.29, 0.717) is 18.8 Å². The van der Waals surface area contributed by atoms with Crippen molar-refractivity contribution in [2.24, 2.45) is 0 Å². The molecule has 144 valence electrons. The lowest BCUT2D eigenvalue weighted by Gasteiger charge is -2.24. The lowest BCUT2D eigenvalue weighted by atomic mass is 10.0. The summed E-state index contributed by atoms with van der Waals surface area (Å²) in [6.45, 7) is 3.04. The van der Waals surface area contributed by atoms with E-state index in [2.05, 4.69) is 17.0 Å². The van der Waals surface area contributed by atoms with Gasteiger partial charge in [0, 0.05) is 11.8 Å². The van der Waals surface area contributed by atoms with Gasteiger partial charge >= 0.3 is 5.17 Å². The maximum absolute atomic E-state index is 14.8. The molecular weight excluding hydrogens is 431 g/mol. The number of anilines is 1. The van der Waals surface area contributed by atoms with Crippen LogP contribution in [-0.2, 0) is 5.72 Å². The van der Waals surface area contributed by atoms with Gasteiger partial charge in [0.15, 0.2) is 6.54 Å². The SMILES string of the molecule is COc1ccc(C2(O)CN(c3ccc(C)cc3)C3=[N+]2CCCS3)c(F)c1.[Br-]. The molecule has 0 aliphatic carbocycles. The molecule has 1 atom stereocenters. The number of nitrogens with zero attached hydrogens (tertiary/aromatic N) is 2. The van der Waals surface area contributed by atoms with E-state index in [1.54, 1.807) is 23.9 Å². The van der Waals surface area contributed by atoms with Crippen molar-refractivity contribution in [3.63, 3.8) is 0 Å². The van der Waals surface area contributed by atoms with Gasteiger partial charge in [0.25, 0.3) is 5.72 Å². The third-order valence-electron chi connectivity index (χ3n) is 5.00. The van der Waals surface area contributed by atoms with E-state index in [4.69, 9.17) is 4.74 Å². The molecule has 4 rings (SSSR count). The van der Waals surface area contributed by atoms with Crippen LogP contribution in [0.4, 0.5) is 10.1 Å². The van der Waals surface area contributed by atoms with E-state index >= 15 is 0 Å². The molecule has 2 aliphatic rings. The van der Waals surface area contributed by atoms with Crippen LogP contribution in [0.15, 0.2) is 42.5 Å². The first kappa shape index (κ1) is 20.2. The van der Waals surface area contributed by atoms with Crippen molar-refractivity contribution in [2.45, 2.75) is 19.1 Å². The Kier molecular flexibility index (Phi) is 5.84. The lowest BCUT2D eigenvalue weighted by Crippen LogP contribution is -3.00. The van der Waals surface area contributed by atoms with Crippen LogP contribution in [0, 0.1) is 12.7 Å². The summed E-state index contributed by atoms with van der Waals surface area (Å²) in [4.78, 5) is 2.09. The molecule has 0 amide bonds. The Morgan fingerprint density at radius 2 is 1.96 bits per heavy atom. The number of aliphatic hydroxyl groups is 1. The van der Waals surface area contributed by atoms with Crippen LogP contribution in [0.3, 0.4) is 0 Å². The third-order valence-corrected chi connectivity index (χ3v) is 6.19. The molecule has 2 heterocycles. The Balaban J connectivity index is 0.00000210. The van der Waals surface area contributed by atoms with Gasteiger partial charge in [-0.2, -0.15) is 0 Å². The molecule has 27 heavy (non-hydrogen) atoms. The molecule has 0 radical (unpaired) electrons. The predicted molar refractivity (Wildman–Crippen MR) is 103 cm³/mol. The van der Waals surface area contributed by atoms with E-state index in [9.17, 15) is 9.50 Å². The Bertz CT molecular complexity index is 875. The largest absolute Gasteiger partial charge is 1.00 e. The predicted octanol–water partition coefficient (Wildman–Crippen LogP) is 0.317. The van der Waals surface area contributed by atoms with Crippen LogP contribution < -0.4 is 26.6 Å². The summed E-state index contributed by atoms with van der Waals surface area (Å²) < 4.78 is 21.8. The molecule has 0 saturated heterocycles. The van der Waals surface area contributed by atoms with Crippen molar-refractivity contribution in [1.29, 1.82) is 0 Å². The van der Waals surface area contributed by atoms with Gasteiger partial charge in [-0.15, -0.1) is 0 Å². The van der Waals surface area contributed by atoms with Crippen LogP contribution in [0.2, 0.25) is 0 Å². The van der Waals surface area contributed by atoms with Crippen molar-refractivity contribution < 1.29 is 35.8 Å². The third kappa shape index (κ3) is 3.48. The summed E-state index contributed by atoms with van der Waals surface area (Å²) >= 11 is 1.71. The fourth-order valence-corrected chi connectivity index (χ4v) is 4.78. The van der Waals surface area contributed by atoms with E-state index < -0.39 is 11.5 Å². The van der Waals surface area contributed by atoms with Gasteiger partial charge in [-0.3, -0.25) is 0 Å². The molecule has 7 heteroatoms. The highest BCUT2D eigenvalue weighted by Crippen LogP contribution is 2.39. The maximum atomic E-state index is 14.8. The van der Waals surface area contributed by atoms with Crippen LogP contribution in [0.1, 0.15) is 17.5 Å². The number of ether oxygens (including phenoxy) is 1. The van der Waals surface area contributed by atoms with E-state index in [1.807, 2.05) is 23.6 Å². The monoisotopic (exact) mass is 452 g/mol. The van der Waals surface area contributed by atoms with Crippen LogP contribution in [0.25, 0.3) is 0 Å². The molecule has 0 fully saturated rings. The van der Waals surface area contributed by atoms with Gasteiger partial charge in [0.2, 0.25) is 0 Å². The first-order valence-electron chi connectivity index (χ1n) is 8.71. The van der Waals surface area contributed by atoms with E-state index in [0.717, 1.165) is 23.0 Å². The first-order chi connectivity index (χ1) is 12.5. The van der Waals surface area contributed by atoms with Gasteiger partial charge in [-0.25, -0.2) is 13.9 Å². The van der Waals surface area contributed by atoms with Gasteiger partial charge in [-0.05, 0) is 49.4 Å². The highest BCUT2D eigenvalue weighted by atomic mass is 79.9. The smallest absolute Gasteiger partial charge is 0.316 e. The standard InChI is InChI=1S/C20H22FN2O2S.BrH/c1-14-4-6-15(7-5-14)22-13-20(24,23-10-3-11-26-19(22)23)17-9-8-16(25-2)12-18(17)21;/h4-9,12,24H,3,10-11,13H2,1-2H3;1H/q+1;/p-1. The van der Waals surface area contributed by atoms with Crippen molar-refractivity contribution in [2.75, 3.05) is 30.9 Å². The number of hydrogen-bond donors (Lipinski definition) is 1. The number of rotatable bonds is 3. The van der Waals surface area contributed by atoms with Crippen molar-refractivity contribution in [1.82, 2.24) is 0 Å². The van der Waals surface area contributed by atoms with Crippen LogP contribution >= 0.6 is 11.8 Å². The minimum absolute atomic E-state index is 0. The fraction of sp³-hybridized carbons (Fsp3) is 0.350. The molecule has 1 N–H and O–H groups in total. The molecule has 4 nitrogen and oxygen atoms in total. The Morgan fingerprint density at radius 1 is 1.22 bits per heavy atom. The Hall–Kier alpha value is -1.57. The van der Waals surface area contributed by atoms with Gasteiger partial charge in [0.1, 0.15) is 17.3 Å². The van der Waals surface area contributed by atoms with Crippen LogP contribution in [-0.4, -0.2) is 40.8 Å². The molecule has 1 unspecified atom stereocenters. The number of methoxy groups -OCH3 is 1. The summed E-state index contributed by atoms with van der Waals surface area (Å²) in [6.07, 6.45) is 0.954. The first-order valence-corrected chi connectivity index (χ1v) is 9.69. The minimum Gasteiger partial charge on any atom is -1.00 e. The summed E-state index contributed by atoms with van der Waals surface area (Å²) in [6, 6.07) is 12.9.